The van der Waals surface area contributed by atoms with Crippen LogP contribution in [0.2, 0.25) is 0 Å². The molecule has 1 N–H and O–H groups in total. The monoisotopic (exact) mass is 372 g/mol. The summed E-state index contributed by atoms with van der Waals surface area (Å²) in [5, 5.41) is 7.09. The topological polar surface area (TPSA) is 77.6 Å². The van der Waals surface area contributed by atoms with E-state index in [1.54, 1.807) is 23.3 Å². The average Bonchev–Trinajstić information content (AvgIpc) is 3.33. The summed E-state index contributed by atoms with van der Waals surface area (Å²) in [7, 11) is 3.70. The maximum atomic E-state index is 12.6. The van der Waals surface area contributed by atoms with Gasteiger partial charge in [-0.05, 0) is 17.7 Å². The second-order valence-electron chi connectivity index (χ2n) is 6.53. The van der Waals surface area contributed by atoms with Crippen molar-refractivity contribution in [2.75, 3.05) is 0 Å². The summed E-state index contributed by atoms with van der Waals surface area (Å²) in [4.78, 5) is 21.4. The molecule has 0 bridgehead atoms. The zero-order valence-corrected chi connectivity index (χ0v) is 15.7. The van der Waals surface area contributed by atoms with Crippen LogP contribution in [0.1, 0.15) is 16.1 Å². The predicted octanol–water partition coefficient (Wildman–Crippen LogP) is 2.81. The van der Waals surface area contributed by atoms with E-state index in [1.165, 1.54) is 0 Å². The van der Waals surface area contributed by atoms with Gasteiger partial charge in [-0.25, -0.2) is 9.97 Å². The SMILES string of the molecule is Cn1cc(-c2cnc(-c3ccnn3C)nc2)cc1C(=O)NCc1ccccc1. The Balaban J connectivity index is 1.51. The van der Waals surface area contributed by atoms with Gasteiger partial charge in [0.05, 0.1) is 0 Å². The summed E-state index contributed by atoms with van der Waals surface area (Å²) < 4.78 is 3.54. The summed E-state index contributed by atoms with van der Waals surface area (Å²) in [6, 6.07) is 13.6. The summed E-state index contributed by atoms with van der Waals surface area (Å²) in [5.74, 6) is 0.491. The number of benzene rings is 1. The number of hydrogen-bond donors (Lipinski definition) is 1. The average molecular weight is 372 g/mol. The molecule has 1 aromatic carbocycles. The van der Waals surface area contributed by atoms with Crippen molar-refractivity contribution in [1.82, 2.24) is 29.6 Å². The van der Waals surface area contributed by atoms with E-state index in [0.29, 0.717) is 18.1 Å². The van der Waals surface area contributed by atoms with Crippen LogP contribution in [-0.4, -0.2) is 30.2 Å². The number of carbonyl (C=O) groups excluding carboxylic acids is 1. The Morgan fingerprint density at radius 1 is 1.04 bits per heavy atom. The zero-order valence-electron chi connectivity index (χ0n) is 15.7. The molecule has 0 saturated heterocycles. The van der Waals surface area contributed by atoms with E-state index in [9.17, 15) is 4.79 Å². The van der Waals surface area contributed by atoms with Crippen LogP contribution in [0.5, 0.6) is 0 Å². The largest absolute Gasteiger partial charge is 0.347 e. The van der Waals surface area contributed by atoms with E-state index < -0.39 is 0 Å². The van der Waals surface area contributed by atoms with Crippen molar-refractivity contribution in [3.63, 3.8) is 0 Å². The first-order chi connectivity index (χ1) is 13.6. The molecule has 4 rings (SSSR count). The highest BCUT2D eigenvalue weighted by Crippen LogP contribution is 2.22. The lowest BCUT2D eigenvalue weighted by atomic mass is 10.2. The zero-order chi connectivity index (χ0) is 19.5. The third kappa shape index (κ3) is 3.55. The van der Waals surface area contributed by atoms with Crippen LogP contribution >= 0.6 is 0 Å². The Bertz CT molecular complexity index is 1100. The molecule has 0 aliphatic carbocycles. The third-order valence-electron chi connectivity index (χ3n) is 4.57. The van der Waals surface area contributed by atoms with Crippen molar-refractivity contribution in [2.45, 2.75) is 6.54 Å². The molecule has 1 amide bonds. The van der Waals surface area contributed by atoms with Gasteiger partial charge in [0.1, 0.15) is 11.4 Å². The predicted molar refractivity (Wildman–Crippen MR) is 106 cm³/mol. The number of aromatic nitrogens is 5. The standard InChI is InChI=1S/C21H20N6O/c1-26-14-16(10-19(26)21(28)24-11-15-6-4-3-5-7-15)17-12-22-20(23-13-17)18-8-9-25-27(18)2/h3-10,12-14H,11H2,1-2H3,(H,24,28). The second-order valence-corrected chi connectivity index (χ2v) is 6.53. The first-order valence-corrected chi connectivity index (χ1v) is 8.91. The van der Waals surface area contributed by atoms with E-state index >= 15 is 0 Å². The van der Waals surface area contributed by atoms with Crippen LogP contribution in [0, 0.1) is 0 Å². The van der Waals surface area contributed by atoms with Gasteiger partial charge in [-0.1, -0.05) is 30.3 Å². The van der Waals surface area contributed by atoms with E-state index in [4.69, 9.17) is 0 Å². The molecular weight excluding hydrogens is 352 g/mol. The van der Waals surface area contributed by atoms with Crippen LogP contribution in [0.15, 0.2) is 67.3 Å². The van der Waals surface area contributed by atoms with Crippen LogP contribution in [0.25, 0.3) is 22.6 Å². The van der Waals surface area contributed by atoms with E-state index in [0.717, 1.165) is 22.4 Å². The molecule has 0 fully saturated rings. The van der Waals surface area contributed by atoms with Gasteiger partial charge in [0.25, 0.3) is 5.91 Å². The van der Waals surface area contributed by atoms with E-state index in [2.05, 4.69) is 20.4 Å². The molecule has 0 spiro atoms. The number of rotatable bonds is 5. The summed E-state index contributed by atoms with van der Waals surface area (Å²) in [5.41, 5.74) is 4.24. The molecule has 140 valence electrons. The first kappa shape index (κ1) is 17.7. The number of aryl methyl sites for hydroxylation is 2. The van der Waals surface area contributed by atoms with Crippen LogP contribution < -0.4 is 5.32 Å². The van der Waals surface area contributed by atoms with Crippen LogP contribution in [0.3, 0.4) is 0 Å². The normalized spacial score (nSPS) is 10.8. The van der Waals surface area contributed by atoms with Crippen molar-refractivity contribution in [3.8, 4) is 22.6 Å². The smallest absolute Gasteiger partial charge is 0.268 e. The Morgan fingerprint density at radius 3 is 2.46 bits per heavy atom. The molecule has 3 aromatic heterocycles. The van der Waals surface area contributed by atoms with Gasteiger partial charge in [0.15, 0.2) is 5.82 Å². The molecule has 7 nitrogen and oxygen atoms in total. The minimum atomic E-state index is -0.120. The second kappa shape index (κ2) is 7.48. The molecule has 0 unspecified atom stereocenters. The molecular formula is C21H20N6O. The van der Waals surface area contributed by atoms with Crippen molar-refractivity contribution in [1.29, 1.82) is 0 Å². The molecule has 7 heteroatoms. The number of nitrogens with one attached hydrogen (secondary N) is 1. The summed E-state index contributed by atoms with van der Waals surface area (Å²) in [6.45, 7) is 0.489. The van der Waals surface area contributed by atoms with Gasteiger partial charge in [-0.3, -0.25) is 9.48 Å². The fourth-order valence-corrected chi connectivity index (χ4v) is 3.02. The van der Waals surface area contributed by atoms with Gasteiger partial charge in [-0.2, -0.15) is 5.10 Å². The summed E-state index contributed by atoms with van der Waals surface area (Å²) in [6.07, 6.45) is 7.14. The molecule has 4 aromatic rings. The number of nitrogens with zero attached hydrogens (tertiary/aromatic N) is 5. The lowest BCUT2D eigenvalue weighted by Gasteiger charge is -2.05. The molecule has 0 atom stereocenters. The maximum absolute atomic E-state index is 12.6. The van der Waals surface area contributed by atoms with Crippen molar-refractivity contribution in [2.24, 2.45) is 14.1 Å². The highest BCUT2D eigenvalue weighted by Gasteiger charge is 2.14. The van der Waals surface area contributed by atoms with Gasteiger partial charge in [-0.15, -0.1) is 0 Å². The molecule has 0 aliphatic rings. The number of carbonyl (C=O) groups is 1. The van der Waals surface area contributed by atoms with Crippen molar-refractivity contribution < 1.29 is 4.79 Å². The molecule has 28 heavy (non-hydrogen) atoms. The fraction of sp³-hybridized carbons (Fsp3) is 0.143. The van der Waals surface area contributed by atoms with Gasteiger partial charge in [0.2, 0.25) is 0 Å². The minimum absolute atomic E-state index is 0.120. The Hall–Kier alpha value is -3.74. The lowest BCUT2D eigenvalue weighted by Crippen LogP contribution is -2.24. The third-order valence-corrected chi connectivity index (χ3v) is 4.57. The fourth-order valence-electron chi connectivity index (χ4n) is 3.02. The first-order valence-electron chi connectivity index (χ1n) is 8.91. The Kier molecular flexibility index (Phi) is 4.72. The van der Waals surface area contributed by atoms with Crippen LogP contribution in [-0.2, 0) is 20.6 Å². The highest BCUT2D eigenvalue weighted by molar-refractivity contribution is 5.94. The Labute approximate surface area is 162 Å². The van der Waals surface area contributed by atoms with Gasteiger partial charge >= 0.3 is 0 Å². The van der Waals surface area contributed by atoms with E-state index in [-0.39, 0.29) is 5.91 Å². The van der Waals surface area contributed by atoms with Gasteiger partial charge < -0.3 is 9.88 Å². The maximum Gasteiger partial charge on any atom is 0.268 e. The number of hydrogen-bond acceptors (Lipinski definition) is 4. The van der Waals surface area contributed by atoms with E-state index in [1.807, 2.05) is 67.3 Å². The van der Waals surface area contributed by atoms with Crippen molar-refractivity contribution in [3.05, 3.63) is 78.5 Å². The molecule has 0 radical (unpaired) electrons. The molecule has 3 heterocycles. The van der Waals surface area contributed by atoms with Crippen molar-refractivity contribution >= 4 is 5.91 Å². The summed E-state index contributed by atoms with van der Waals surface area (Å²) >= 11 is 0. The number of amides is 1. The highest BCUT2D eigenvalue weighted by atomic mass is 16.1. The molecule has 0 aliphatic heterocycles. The lowest BCUT2D eigenvalue weighted by molar-refractivity contribution is 0.0943. The van der Waals surface area contributed by atoms with Crippen LogP contribution in [0.4, 0.5) is 0 Å². The minimum Gasteiger partial charge on any atom is -0.347 e. The molecule has 0 saturated carbocycles. The Morgan fingerprint density at radius 2 is 1.79 bits per heavy atom. The van der Waals surface area contributed by atoms with Gasteiger partial charge in [0, 0.05) is 56.6 Å². The quantitative estimate of drug-likeness (QED) is 0.584.